The summed E-state index contributed by atoms with van der Waals surface area (Å²) in [5.74, 6) is -1.71. The minimum Gasteiger partial charge on any atom is -0.368 e. The number of carbonyl (C=O) groups is 2. The fraction of sp³-hybridized carbons (Fsp3) is 0.176. The molecule has 2 aromatic rings. The molecule has 0 fully saturated rings. The molecule has 0 aromatic heterocycles. The Morgan fingerprint density at radius 3 is 2.40 bits per heavy atom. The first-order valence-corrected chi connectivity index (χ1v) is 7.42. The van der Waals surface area contributed by atoms with Crippen molar-refractivity contribution in [3.05, 3.63) is 75.6 Å². The summed E-state index contributed by atoms with van der Waals surface area (Å²) in [5.41, 5.74) is 6.00. The number of nitrogens with one attached hydrogen (secondary N) is 1. The van der Waals surface area contributed by atoms with E-state index in [1.807, 2.05) is 0 Å². The fourth-order valence-corrected chi connectivity index (χ4v) is 2.34. The van der Waals surface area contributed by atoms with Gasteiger partial charge in [0.15, 0.2) is 0 Å². The van der Waals surface area contributed by atoms with Crippen molar-refractivity contribution in [2.24, 2.45) is 5.73 Å². The highest BCUT2D eigenvalue weighted by Gasteiger charge is 2.23. The summed E-state index contributed by atoms with van der Waals surface area (Å²) in [5, 5.41) is 13.5. The Labute approximate surface area is 142 Å². The van der Waals surface area contributed by atoms with Crippen molar-refractivity contribution >= 4 is 17.5 Å². The number of primary amides is 1. The summed E-state index contributed by atoms with van der Waals surface area (Å²) >= 11 is 0. The first-order chi connectivity index (χ1) is 11.9. The van der Waals surface area contributed by atoms with Crippen LogP contribution in [0.2, 0.25) is 0 Å². The van der Waals surface area contributed by atoms with Gasteiger partial charge in [0.1, 0.15) is 11.9 Å². The van der Waals surface area contributed by atoms with Crippen LogP contribution in [-0.4, -0.2) is 22.8 Å². The monoisotopic (exact) mass is 345 g/mol. The predicted octanol–water partition coefficient (Wildman–Crippen LogP) is 1.49. The number of benzene rings is 2. The Hall–Kier alpha value is -3.29. The number of amides is 2. The molecule has 0 bridgehead atoms. The van der Waals surface area contributed by atoms with Crippen LogP contribution in [0.3, 0.4) is 0 Å². The molecule has 2 aromatic carbocycles. The molecule has 0 aliphatic rings. The summed E-state index contributed by atoms with van der Waals surface area (Å²) in [6.07, 6.45) is -0.164. The Morgan fingerprint density at radius 2 is 1.80 bits per heavy atom. The van der Waals surface area contributed by atoms with Crippen LogP contribution in [0.15, 0.2) is 48.5 Å². The Bertz CT molecular complexity index is 793. The molecular formula is C17H16FN3O4. The molecule has 25 heavy (non-hydrogen) atoms. The lowest BCUT2D eigenvalue weighted by molar-refractivity contribution is -0.385. The van der Waals surface area contributed by atoms with Gasteiger partial charge in [-0.2, -0.15) is 0 Å². The molecule has 0 spiro atoms. The van der Waals surface area contributed by atoms with Crippen molar-refractivity contribution in [3.63, 3.8) is 0 Å². The van der Waals surface area contributed by atoms with Crippen molar-refractivity contribution in [3.8, 4) is 0 Å². The van der Waals surface area contributed by atoms with Crippen molar-refractivity contribution in [1.29, 1.82) is 0 Å². The van der Waals surface area contributed by atoms with E-state index in [1.165, 1.54) is 42.5 Å². The highest BCUT2D eigenvalue weighted by atomic mass is 19.1. The number of nitrogens with zero attached hydrogens (tertiary/aromatic N) is 1. The Balaban J connectivity index is 2.08. The molecular weight excluding hydrogens is 329 g/mol. The average molecular weight is 345 g/mol. The molecule has 130 valence electrons. The number of nitrogens with two attached hydrogens (primary N) is 1. The summed E-state index contributed by atoms with van der Waals surface area (Å²) in [7, 11) is 0. The molecule has 0 unspecified atom stereocenters. The van der Waals surface area contributed by atoms with E-state index in [1.54, 1.807) is 6.07 Å². The van der Waals surface area contributed by atoms with Crippen molar-refractivity contribution in [2.75, 3.05) is 0 Å². The van der Waals surface area contributed by atoms with Crippen molar-refractivity contribution in [1.82, 2.24) is 5.32 Å². The molecule has 0 aliphatic heterocycles. The molecule has 3 N–H and O–H groups in total. The van der Waals surface area contributed by atoms with Crippen molar-refractivity contribution in [2.45, 2.75) is 18.9 Å². The highest BCUT2D eigenvalue weighted by molar-refractivity contribution is 5.87. The number of nitro benzene ring substituents is 1. The molecule has 0 saturated carbocycles. The summed E-state index contributed by atoms with van der Waals surface area (Å²) in [4.78, 5) is 34.2. The third kappa shape index (κ3) is 5.10. The van der Waals surface area contributed by atoms with Crippen LogP contribution in [0.5, 0.6) is 0 Å². The second kappa shape index (κ2) is 8.00. The van der Waals surface area contributed by atoms with E-state index in [0.717, 1.165) is 0 Å². The zero-order valence-electron chi connectivity index (χ0n) is 13.1. The van der Waals surface area contributed by atoms with Crippen LogP contribution >= 0.6 is 0 Å². The number of para-hydroxylation sites is 1. The molecule has 0 radical (unpaired) electrons. The lowest BCUT2D eigenvalue weighted by Crippen LogP contribution is -2.46. The summed E-state index contributed by atoms with van der Waals surface area (Å²) in [6, 6.07) is 10.2. The lowest BCUT2D eigenvalue weighted by Gasteiger charge is -2.15. The summed E-state index contributed by atoms with van der Waals surface area (Å²) in [6.45, 7) is 0. The molecule has 8 heteroatoms. The quantitative estimate of drug-likeness (QED) is 0.584. The summed E-state index contributed by atoms with van der Waals surface area (Å²) < 4.78 is 12.9. The normalized spacial score (nSPS) is 11.6. The maximum absolute atomic E-state index is 12.9. The maximum atomic E-state index is 12.9. The van der Waals surface area contributed by atoms with Gasteiger partial charge in [-0.25, -0.2) is 4.39 Å². The van der Waals surface area contributed by atoms with E-state index >= 15 is 0 Å². The highest BCUT2D eigenvalue weighted by Crippen LogP contribution is 2.19. The van der Waals surface area contributed by atoms with E-state index in [2.05, 4.69) is 5.32 Å². The Kier molecular flexibility index (Phi) is 5.78. The van der Waals surface area contributed by atoms with Crippen LogP contribution in [0.4, 0.5) is 10.1 Å². The molecule has 2 rings (SSSR count). The van der Waals surface area contributed by atoms with Gasteiger partial charge in [0.05, 0.1) is 11.3 Å². The van der Waals surface area contributed by atoms with Crippen molar-refractivity contribution < 1.29 is 18.9 Å². The van der Waals surface area contributed by atoms with E-state index in [-0.39, 0.29) is 18.5 Å². The Morgan fingerprint density at radius 1 is 1.16 bits per heavy atom. The van der Waals surface area contributed by atoms with E-state index in [9.17, 15) is 24.1 Å². The number of rotatable bonds is 7. The topological polar surface area (TPSA) is 115 Å². The second-order valence-electron chi connectivity index (χ2n) is 5.42. The molecule has 2 amide bonds. The van der Waals surface area contributed by atoms with E-state index in [0.29, 0.717) is 11.1 Å². The fourth-order valence-electron chi connectivity index (χ4n) is 2.34. The van der Waals surface area contributed by atoms with Crippen LogP contribution < -0.4 is 11.1 Å². The van der Waals surface area contributed by atoms with Crippen LogP contribution in [0.25, 0.3) is 0 Å². The zero-order chi connectivity index (χ0) is 18.4. The number of hydrogen-bond donors (Lipinski definition) is 2. The number of hydrogen-bond acceptors (Lipinski definition) is 4. The van der Waals surface area contributed by atoms with Gasteiger partial charge < -0.3 is 11.1 Å². The number of carbonyl (C=O) groups excluding carboxylic acids is 2. The third-order valence-electron chi connectivity index (χ3n) is 3.57. The van der Waals surface area contributed by atoms with Crippen LogP contribution in [0, 0.1) is 15.9 Å². The van der Waals surface area contributed by atoms with Gasteiger partial charge in [0.2, 0.25) is 11.8 Å². The average Bonchev–Trinajstić information content (AvgIpc) is 2.56. The molecule has 1 atom stereocenters. The molecule has 0 aliphatic carbocycles. The number of halogens is 1. The van der Waals surface area contributed by atoms with Gasteiger partial charge in [-0.15, -0.1) is 0 Å². The first kappa shape index (κ1) is 18.1. The second-order valence-corrected chi connectivity index (χ2v) is 5.42. The third-order valence-corrected chi connectivity index (χ3v) is 3.57. The van der Waals surface area contributed by atoms with Gasteiger partial charge in [-0.05, 0) is 17.7 Å². The van der Waals surface area contributed by atoms with Gasteiger partial charge in [-0.3, -0.25) is 19.7 Å². The smallest absolute Gasteiger partial charge is 0.272 e. The lowest BCUT2D eigenvalue weighted by atomic mass is 10.0. The van der Waals surface area contributed by atoms with Crippen LogP contribution in [-0.2, 0) is 22.4 Å². The van der Waals surface area contributed by atoms with Crippen LogP contribution in [0.1, 0.15) is 11.1 Å². The van der Waals surface area contributed by atoms with Gasteiger partial charge in [-0.1, -0.05) is 30.3 Å². The predicted molar refractivity (Wildman–Crippen MR) is 88.0 cm³/mol. The minimum atomic E-state index is -1.09. The maximum Gasteiger partial charge on any atom is 0.272 e. The molecule has 0 saturated heterocycles. The minimum absolute atomic E-state index is 0.0685. The van der Waals surface area contributed by atoms with Gasteiger partial charge >= 0.3 is 0 Å². The molecule has 0 heterocycles. The van der Waals surface area contributed by atoms with Gasteiger partial charge in [0, 0.05) is 18.1 Å². The largest absolute Gasteiger partial charge is 0.368 e. The van der Waals surface area contributed by atoms with E-state index < -0.39 is 28.6 Å². The van der Waals surface area contributed by atoms with Gasteiger partial charge in [0.25, 0.3) is 5.69 Å². The first-order valence-electron chi connectivity index (χ1n) is 7.42. The standard InChI is InChI=1S/C17H16FN3O4/c18-13-7-5-11(6-8-13)9-16(22)20-14(17(19)23)10-12-3-1-2-4-15(12)21(24)25/h1-8,14H,9-10H2,(H2,19,23)(H,20,22)/t14-/m1/s1. The molecule has 7 nitrogen and oxygen atoms in total. The SMILES string of the molecule is NC(=O)[C@@H](Cc1ccccc1[N+](=O)[O-])NC(=O)Cc1ccc(F)cc1. The number of nitro groups is 1. The van der Waals surface area contributed by atoms with E-state index in [4.69, 9.17) is 5.73 Å². The zero-order valence-corrected chi connectivity index (χ0v) is 13.1.